The lowest BCUT2D eigenvalue weighted by atomic mass is 10.2. The minimum Gasteiger partial charge on any atom is -0.497 e. The molecule has 0 aliphatic rings. The molecule has 3 heteroatoms. The highest BCUT2D eigenvalue weighted by molar-refractivity contribution is 5.82. The van der Waals surface area contributed by atoms with Gasteiger partial charge in [-0.1, -0.05) is 6.07 Å². The molecule has 0 spiro atoms. The molecule has 0 radical (unpaired) electrons. The van der Waals surface area contributed by atoms with Gasteiger partial charge in [-0.3, -0.25) is 4.99 Å². The summed E-state index contributed by atoms with van der Waals surface area (Å²) in [5, 5.41) is 0. The fourth-order valence-electron chi connectivity index (χ4n) is 1.44. The summed E-state index contributed by atoms with van der Waals surface area (Å²) >= 11 is 0. The second-order valence-electron chi connectivity index (χ2n) is 3.63. The molecule has 2 N–H and O–H groups in total. The van der Waals surface area contributed by atoms with Crippen LogP contribution in [-0.2, 0) is 0 Å². The predicted octanol–water partition coefficient (Wildman–Crippen LogP) is 3.03. The zero-order chi connectivity index (χ0) is 12.1. The van der Waals surface area contributed by atoms with Gasteiger partial charge in [0.05, 0.1) is 12.8 Å². The quantitative estimate of drug-likeness (QED) is 0.646. The number of nitrogens with two attached hydrogens (primary N) is 1. The normalized spacial score (nSPS) is 10.6. The van der Waals surface area contributed by atoms with Crippen LogP contribution in [0.2, 0.25) is 0 Å². The van der Waals surface area contributed by atoms with Crippen LogP contribution < -0.4 is 10.5 Å². The molecular formula is C14H14N2O. The molecule has 0 heterocycles. The molecule has 0 aliphatic carbocycles. The van der Waals surface area contributed by atoms with Crippen LogP contribution in [0.3, 0.4) is 0 Å². The maximum atomic E-state index is 5.68. The van der Waals surface area contributed by atoms with E-state index in [4.69, 9.17) is 10.5 Å². The Morgan fingerprint density at radius 2 is 1.88 bits per heavy atom. The Morgan fingerprint density at radius 1 is 1.12 bits per heavy atom. The van der Waals surface area contributed by atoms with Crippen molar-refractivity contribution >= 4 is 17.6 Å². The van der Waals surface area contributed by atoms with Crippen LogP contribution in [-0.4, -0.2) is 13.3 Å². The SMILES string of the molecule is COc1ccc(C=Nc2cccc(N)c2)cc1. The standard InChI is InChI=1S/C14H14N2O/c1-17-14-7-5-11(6-8-14)10-16-13-4-2-3-12(15)9-13/h2-10H,15H2,1H3. The second kappa shape index (κ2) is 5.16. The van der Waals surface area contributed by atoms with E-state index in [1.54, 1.807) is 13.3 Å². The van der Waals surface area contributed by atoms with E-state index in [-0.39, 0.29) is 0 Å². The number of hydrogen-bond acceptors (Lipinski definition) is 3. The van der Waals surface area contributed by atoms with Crippen molar-refractivity contribution in [3.05, 3.63) is 54.1 Å². The van der Waals surface area contributed by atoms with Gasteiger partial charge in [0.25, 0.3) is 0 Å². The monoisotopic (exact) mass is 226 g/mol. The molecule has 0 fully saturated rings. The van der Waals surface area contributed by atoms with Gasteiger partial charge in [-0.2, -0.15) is 0 Å². The van der Waals surface area contributed by atoms with Crippen LogP contribution in [0, 0.1) is 0 Å². The largest absolute Gasteiger partial charge is 0.497 e. The van der Waals surface area contributed by atoms with Crippen molar-refractivity contribution in [3.63, 3.8) is 0 Å². The molecule has 0 amide bonds. The van der Waals surface area contributed by atoms with Crippen molar-refractivity contribution in [2.45, 2.75) is 0 Å². The fourth-order valence-corrected chi connectivity index (χ4v) is 1.44. The minimum atomic E-state index is 0.717. The van der Waals surface area contributed by atoms with Crippen LogP contribution in [0.5, 0.6) is 5.75 Å². The van der Waals surface area contributed by atoms with Gasteiger partial charge in [-0.25, -0.2) is 0 Å². The first-order chi connectivity index (χ1) is 8.28. The van der Waals surface area contributed by atoms with Gasteiger partial charge in [-0.15, -0.1) is 0 Å². The van der Waals surface area contributed by atoms with Crippen LogP contribution in [0.25, 0.3) is 0 Å². The van der Waals surface area contributed by atoms with Crippen molar-refractivity contribution in [1.29, 1.82) is 0 Å². The molecule has 0 saturated carbocycles. The Labute approximate surface area is 101 Å². The summed E-state index contributed by atoms with van der Waals surface area (Å²) in [6.07, 6.45) is 1.80. The molecule has 2 rings (SSSR count). The molecular weight excluding hydrogens is 212 g/mol. The Morgan fingerprint density at radius 3 is 2.53 bits per heavy atom. The number of nitrogen functional groups attached to an aromatic ring is 1. The third-order valence-corrected chi connectivity index (χ3v) is 2.35. The Balaban J connectivity index is 2.14. The number of aliphatic imine (C=N–C) groups is 1. The maximum absolute atomic E-state index is 5.68. The van der Waals surface area contributed by atoms with Gasteiger partial charge >= 0.3 is 0 Å². The lowest BCUT2D eigenvalue weighted by Crippen LogP contribution is -1.85. The Hall–Kier alpha value is -2.29. The number of rotatable bonds is 3. The van der Waals surface area contributed by atoms with Crippen molar-refractivity contribution in [2.75, 3.05) is 12.8 Å². The summed E-state index contributed by atoms with van der Waals surface area (Å²) in [4.78, 5) is 4.35. The minimum absolute atomic E-state index is 0.717. The summed E-state index contributed by atoms with van der Waals surface area (Å²) in [5.74, 6) is 0.839. The molecule has 0 aromatic heterocycles. The zero-order valence-electron chi connectivity index (χ0n) is 9.63. The van der Waals surface area contributed by atoms with E-state index in [0.29, 0.717) is 0 Å². The lowest BCUT2D eigenvalue weighted by Gasteiger charge is -1.99. The molecule has 2 aromatic carbocycles. The van der Waals surface area contributed by atoms with E-state index in [9.17, 15) is 0 Å². The van der Waals surface area contributed by atoms with E-state index >= 15 is 0 Å². The second-order valence-corrected chi connectivity index (χ2v) is 3.63. The number of methoxy groups -OCH3 is 1. The van der Waals surface area contributed by atoms with Crippen molar-refractivity contribution in [1.82, 2.24) is 0 Å². The molecule has 2 aromatic rings. The van der Waals surface area contributed by atoms with Crippen LogP contribution in [0.15, 0.2) is 53.5 Å². The third kappa shape index (κ3) is 3.08. The molecule has 0 saturated heterocycles. The number of anilines is 1. The summed E-state index contributed by atoms with van der Waals surface area (Å²) in [7, 11) is 1.65. The molecule has 0 bridgehead atoms. The van der Waals surface area contributed by atoms with Gasteiger partial charge in [0.2, 0.25) is 0 Å². The van der Waals surface area contributed by atoms with Crippen LogP contribution in [0.4, 0.5) is 11.4 Å². The number of ether oxygens (including phenoxy) is 1. The zero-order valence-corrected chi connectivity index (χ0v) is 9.63. The maximum Gasteiger partial charge on any atom is 0.118 e. The average Bonchev–Trinajstić information content (AvgIpc) is 2.37. The van der Waals surface area contributed by atoms with Gasteiger partial charge in [0.1, 0.15) is 5.75 Å². The van der Waals surface area contributed by atoms with E-state index in [0.717, 1.165) is 22.7 Å². The van der Waals surface area contributed by atoms with Gasteiger partial charge in [0.15, 0.2) is 0 Å². The van der Waals surface area contributed by atoms with Gasteiger partial charge < -0.3 is 10.5 Å². The van der Waals surface area contributed by atoms with Gasteiger partial charge in [-0.05, 0) is 48.0 Å². The molecule has 17 heavy (non-hydrogen) atoms. The summed E-state index contributed by atoms with van der Waals surface area (Å²) in [6, 6.07) is 15.2. The summed E-state index contributed by atoms with van der Waals surface area (Å²) in [6.45, 7) is 0. The highest BCUT2D eigenvalue weighted by atomic mass is 16.5. The molecule has 0 unspecified atom stereocenters. The Kier molecular flexibility index (Phi) is 3.40. The number of benzene rings is 2. The highest BCUT2D eigenvalue weighted by Gasteiger charge is 1.92. The smallest absolute Gasteiger partial charge is 0.118 e. The molecule has 0 aliphatic heterocycles. The van der Waals surface area contributed by atoms with Crippen LogP contribution in [0.1, 0.15) is 5.56 Å². The third-order valence-electron chi connectivity index (χ3n) is 2.35. The average molecular weight is 226 g/mol. The highest BCUT2D eigenvalue weighted by Crippen LogP contribution is 2.16. The predicted molar refractivity (Wildman–Crippen MR) is 71.1 cm³/mol. The van der Waals surface area contributed by atoms with Crippen molar-refractivity contribution in [3.8, 4) is 5.75 Å². The van der Waals surface area contributed by atoms with E-state index < -0.39 is 0 Å². The molecule has 3 nitrogen and oxygen atoms in total. The summed E-state index contributed by atoms with van der Waals surface area (Å²) in [5.41, 5.74) is 8.26. The first-order valence-corrected chi connectivity index (χ1v) is 5.31. The first kappa shape index (κ1) is 11.2. The van der Waals surface area contributed by atoms with Gasteiger partial charge in [0, 0.05) is 11.9 Å². The molecule has 86 valence electrons. The van der Waals surface area contributed by atoms with E-state index in [1.807, 2.05) is 48.5 Å². The van der Waals surface area contributed by atoms with Crippen molar-refractivity contribution in [2.24, 2.45) is 4.99 Å². The first-order valence-electron chi connectivity index (χ1n) is 5.31. The van der Waals surface area contributed by atoms with Crippen LogP contribution >= 0.6 is 0 Å². The lowest BCUT2D eigenvalue weighted by molar-refractivity contribution is 0.415. The topological polar surface area (TPSA) is 47.6 Å². The van der Waals surface area contributed by atoms with Crippen molar-refractivity contribution < 1.29 is 4.74 Å². The molecule has 0 atom stereocenters. The number of hydrogen-bond donors (Lipinski definition) is 1. The fraction of sp³-hybridized carbons (Fsp3) is 0.0714. The summed E-state index contributed by atoms with van der Waals surface area (Å²) < 4.78 is 5.09. The number of nitrogens with zero attached hydrogens (tertiary/aromatic N) is 1. The van der Waals surface area contributed by atoms with E-state index in [2.05, 4.69) is 4.99 Å². The van der Waals surface area contributed by atoms with E-state index in [1.165, 1.54) is 0 Å². The Bertz CT molecular complexity index is 518.